The molecule has 6 nitrogen and oxygen atoms in total. The van der Waals surface area contributed by atoms with Crippen molar-refractivity contribution in [3.63, 3.8) is 0 Å². The normalized spacial score (nSPS) is 11.0. The Morgan fingerprint density at radius 2 is 2.00 bits per heavy atom. The van der Waals surface area contributed by atoms with Crippen molar-refractivity contribution in [1.82, 2.24) is 14.9 Å². The van der Waals surface area contributed by atoms with Gasteiger partial charge >= 0.3 is 0 Å². The van der Waals surface area contributed by atoms with Crippen LogP contribution in [-0.4, -0.2) is 33.7 Å². The van der Waals surface area contributed by atoms with E-state index in [1.165, 1.54) is 12.1 Å². The van der Waals surface area contributed by atoms with Crippen LogP contribution in [0.1, 0.15) is 22.5 Å². The molecule has 0 aliphatic heterocycles. The number of H-pyrrole nitrogens is 1. The van der Waals surface area contributed by atoms with Crippen molar-refractivity contribution in [2.45, 2.75) is 13.0 Å². The van der Waals surface area contributed by atoms with Crippen LogP contribution in [0, 0.1) is 5.82 Å². The van der Waals surface area contributed by atoms with Gasteiger partial charge in [0.15, 0.2) is 0 Å². The monoisotopic (exact) mass is 343 g/mol. The first-order valence-electron chi connectivity index (χ1n) is 7.94. The number of pyridine rings is 1. The van der Waals surface area contributed by atoms with E-state index in [9.17, 15) is 14.0 Å². The summed E-state index contributed by atoms with van der Waals surface area (Å²) in [5, 5.41) is 12.0. The minimum absolute atomic E-state index is 0.0118. The van der Waals surface area contributed by atoms with E-state index in [1.807, 2.05) is 0 Å². The Morgan fingerprint density at radius 1 is 1.24 bits per heavy atom. The van der Waals surface area contributed by atoms with Crippen molar-refractivity contribution in [3.05, 3.63) is 70.0 Å². The second kappa shape index (κ2) is 7.31. The quantitative estimate of drug-likeness (QED) is 0.595. The van der Waals surface area contributed by atoms with Gasteiger partial charge in [-0.3, -0.25) is 9.59 Å². The molecule has 2 aromatic heterocycles. The molecule has 0 atom stereocenters. The van der Waals surface area contributed by atoms with Crippen LogP contribution in [0.25, 0.3) is 10.9 Å². The molecule has 1 aromatic carbocycles. The lowest BCUT2D eigenvalue weighted by Crippen LogP contribution is -2.28. The summed E-state index contributed by atoms with van der Waals surface area (Å²) in [6.45, 7) is 0.748. The van der Waals surface area contributed by atoms with Crippen molar-refractivity contribution >= 4 is 16.8 Å². The third kappa shape index (κ3) is 3.77. The zero-order valence-electron chi connectivity index (χ0n) is 13.5. The van der Waals surface area contributed by atoms with E-state index >= 15 is 0 Å². The molecule has 3 N–H and O–H groups in total. The molecule has 3 rings (SSSR count). The van der Waals surface area contributed by atoms with E-state index < -0.39 is 5.91 Å². The molecule has 0 radical (unpaired) electrons. The highest BCUT2D eigenvalue weighted by Gasteiger charge is 2.12. The minimum atomic E-state index is -0.390. The molecule has 25 heavy (non-hydrogen) atoms. The third-order valence-electron chi connectivity index (χ3n) is 3.89. The number of aromatic nitrogens is 2. The lowest BCUT2D eigenvalue weighted by molar-refractivity contribution is 0.0946. The van der Waals surface area contributed by atoms with Gasteiger partial charge in [0.2, 0.25) is 0 Å². The molecule has 0 bridgehead atoms. The fraction of sp³-hybridized carbons (Fsp3) is 0.222. The summed E-state index contributed by atoms with van der Waals surface area (Å²) in [6, 6.07) is 9.46. The SMILES string of the molecule is O=C(NCCCO)c1cc2ccn(Cc3ccc(F)cc3)c2c(=O)[nH]1. The third-order valence-corrected chi connectivity index (χ3v) is 3.89. The van der Waals surface area contributed by atoms with Gasteiger partial charge in [-0.15, -0.1) is 0 Å². The number of fused-ring (bicyclic) bond motifs is 1. The first kappa shape index (κ1) is 16.9. The maximum atomic E-state index is 13.0. The summed E-state index contributed by atoms with van der Waals surface area (Å²) >= 11 is 0. The topological polar surface area (TPSA) is 87.1 Å². The average Bonchev–Trinajstić information content (AvgIpc) is 3.00. The van der Waals surface area contributed by atoms with Crippen molar-refractivity contribution < 1.29 is 14.3 Å². The lowest BCUT2D eigenvalue weighted by Gasteiger charge is -2.07. The van der Waals surface area contributed by atoms with Crippen LogP contribution >= 0.6 is 0 Å². The van der Waals surface area contributed by atoms with Gasteiger partial charge in [0.25, 0.3) is 11.5 Å². The Labute approximate surface area is 142 Å². The zero-order valence-corrected chi connectivity index (χ0v) is 13.5. The highest BCUT2D eigenvalue weighted by molar-refractivity contribution is 5.95. The molecule has 3 aromatic rings. The standard InChI is InChI=1S/C18H18FN3O3/c19-14-4-2-12(3-5-14)11-22-8-6-13-10-15(21-18(25)16(13)22)17(24)20-7-1-9-23/h2-6,8,10,23H,1,7,9,11H2,(H,20,24)(H,21,25). The Kier molecular flexibility index (Phi) is 4.95. The smallest absolute Gasteiger partial charge is 0.273 e. The minimum Gasteiger partial charge on any atom is -0.396 e. The van der Waals surface area contributed by atoms with Crippen molar-refractivity contribution in [1.29, 1.82) is 0 Å². The van der Waals surface area contributed by atoms with Gasteiger partial charge in [0.1, 0.15) is 17.0 Å². The van der Waals surface area contributed by atoms with Crippen LogP contribution in [0.3, 0.4) is 0 Å². The van der Waals surface area contributed by atoms with Gasteiger partial charge in [-0.2, -0.15) is 0 Å². The first-order chi connectivity index (χ1) is 12.1. The number of hydrogen-bond donors (Lipinski definition) is 3. The van der Waals surface area contributed by atoms with E-state index in [4.69, 9.17) is 5.11 Å². The average molecular weight is 343 g/mol. The number of amides is 1. The molecular weight excluding hydrogens is 325 g/mol. The highest BCUT2D eigenvalue weighted by Crippen LogP contribution is 2.15. The number of rotatable bonds is 6. The molecule has 1 amide bonds. The number of aliphatic hydroxyl groups excluding tert-OH is 1. The zero-order chi connectivity index (χ0) is 17.8. The van der Waals surface area contributed by atoms with Gasteiger partial charge in [-0.05, 0) is 36.2 Å². The molecule has 0 saturated heterocycles. The molecule has 0 fully saturated rings. The number of halogens is 1. The van der Waals surface area contributed by atoms with Crippen LogP contribution < -0.4 is 10.9 Å². The molecule has 2 heterocycles. The summed E-state index contributed by atoms with van der Waals surface area (Å²) in [4.78, 5) is 27.0. The summed E-state index contributed by atoms with van der Waals surface area (Å²) in [6.07, 6.45) is 2.21. The van der Waals surface area contributed by atoms with E-state index in [0.717, 1.165) is 5.56 Å². The second-order valence-corrected chi connectivity index (χ2v) is 5.72. The highest BCUT2D eigenvalue weighted by atomic mass is 19.1. The summed E-state index contributed by atoms with van der Waals surface area (Å²) in [5.74, 6) is -0.699. The maximum Gasteiger partial charge on any atom is 0.273 e. The van der Waals surface area contributed by atoms with Gasteiger partial charge in [-0.25, -0.2) is 4.39 Å². The van der Waals surface area contributed by atoms with Crippen LogP contribution in [-0.2, 0) is 6.54 Å². The van der Waals surface area contributed by atoms with E-state index in [-0.39, 0.29) is 23.7 Å². The number of hydrogen-bond acceptors (Lipinski definition) is 3. The molecule has 0 aliphatic carbocycles. The van der Waals surface area contributed by atoms with Crippen molar-refractivity contribution in [2.24, 2.45) is 0 Å². The van der Waals surface area contributed by atoms with Crippen LogP contribution in [0.15, 0.2) is 47.4 Å². The number of aromatic amines is 1. The predicted molar refractivity (Wildman–Crippen MR) is 92.1 cm³/mol. The van der Waals surface area contributed by atoms with E-state index in [0.29, 0.717) is 30.4 Å². The lowest BCUT2D eigenvalue weighted by atomic mass is 10.2. The molecule has 130 valence electrons. The summed E-state index contributed by atoms with van der Waals surface area (Å²) in [5.41, 5.74) is 1.13. The first-order valence-corrected chi connectivity index (χ1v) is 7.94. The number of nitrogens with zero attached hydrogens (tertiary/aromatic N) is 1. The molecule has 0 saturated carbocycles. The number of benzene rings is 1. The Hall–Kier alpha value is -2.93. The number of carbonyl (C=O) groups excluding carboxylic acids is 1. The number of aliphatic hydroxyl groups is 1. The van der Waals surface area contributed by atoms with Gasteiger partial charge < -0.3 is 20.0 Å². The second-order valence-electron chi connectivity index (χ2n) is 5.72. The predicted octanol–water partition coefficient (Wildman–Crippen LogP) is 1.63. The van der Waals surface area contributed by atoms with E-state index in [1.54, 1.807) is 35.0 Å². The Balaban J connectivity index is 1.87. The van der Waals surface area contributed by atoms with Crippen LogP contribution in [0.4, 0.5) is 4.39 Å². The Bertz CT molecular complexity index is 944. The summed E-state index contributed by atoms with van der Waals surface area (Å²) < 4.78 is 14.8. The number of nitrogens with one attached hydrogen (secondary N) is 2. The molecule has 0 aliphatic rings. The molecule has 0 unspecified atom stereocenters. The maximum absolute atomic E-state index is 13.0. The fourth-order valence-corrected chi connectivity index (χ4v) is 2.66. The Morgan fingerprint density at radius 3 is 2.72 bits per heavy atom. The van der Waals surface area contributed by atoms with Crippen LogP contribution in [0.2, 0.25) is 0 Å². The number of carbonyl (C=O) groups is 1. The molecule has 0 spiro atoms. The van der Waals surface area contributed by atoms with Crippen LogP contribution in [0.5, 0.6) is 0 Å². The van der Waals surface area contributed by atoms with Gasteiger partial charge in [0, 0.05) is 31.3 Å². The molecule has 7 heteroatoms. The fourth-order valence-electron chi connectivity index (χ4n) is 2.66. The largest absolute Gasteiger partial charge is 0.396 e. The summed E-state index contributed by atoms with van der Waals surface area (Å²) in [7, 11) is 0. The van der Waals surface area contributed by atoms with E-state index in [2.05, 4.69) is 10.3 Å². The molecular formula is C18H18FN3O3. The van der Waals surface area contributed by atoms with Gasteiger partial charge in [0.05, 0.1) is 0 Å². The van der Waals surface area contributed by atoms with Crippen molar-refractivity contribution in [2.75, 3.05) is 13.2 Å². The van der Waals surface area contributed by atoms with Crippen molar-refractivity contribution in [3.8, 4) is 0 Å². The van der Waals surface area contributed by atoms with Gasteiger partial charge in [-0.1, -0.05) is 12.1 Å².